The molecule has 2 amide bonds. The number of hydrogen-bond acceptors (Lipinski definition) is 5. The lowest BCUT2D eigenvalue weighted by molar-refractivity contribution is -0.111. The van der Waals surface area contributed by atoms with Crippen molar-refractivity contribution in [3.63, 3.8) is 0 Å². The quantitative estimate of drug-likeness (QED) is 0.615. The molecule has 1 saturated heterocycles. The molecule has 1 aliphatic heterocycles. The minimum absolute atomic E-state index is 0.103. The van der Waals surface area contributed by atoms with E-state index in [0.29, 0.717) is 12.2 Å². The van der Waals surface area contributed by atoms with Crippen LogP contribution in [0.1, 0.15) is 21.7 Å². The van der Waals surface area contributed by atoms with Crippen LogP contribution >= 0.6 is 11.3 Å². The summed E-state index contributed by atoms with van der Waals surface area (Å²) in [4.78, 5) is 34.2. The van der Waals surface area contributed by atoms with E-state index in [9.17, 15) is 9.59 Å². The molecule has 158 valence electrons. The van der Waals surface area contributed by atoms with Crippen molar-refractivity contribution in [1.82, 2.24) is 9.88 Å². The molecule has 4 rings (SSSR count). The number of nitrogens with one attached hydrogen (secondary N) is 1. The van der Waals surface area contributed by atoms with Gasteiger partial charge in [-0.3, -0.25) is 9.59 Å². The lowest BCUT2D eigenvalue weighted by atomic mass is 10.2. The van der Waals surface area contributed by atoms with E-state index in [-0.39, 0.29) is 11.8 Å². The average molecular weight is 433 g/mol. The zero-order valence-electron chi connectivity index (χ0n) is 17.1. The van der Waals surface area contributed by atoms with Gasteiger partial charge in [0.15, 0.2) is 0 Å². The molecule has 7 heteroatoms. The Kier molecular flexibility index (Phi) is 6.74. The standard InChI is InChI=1S/C24H24N4O2S/c29-23(12-9-19-6-2-1-3-7-19)26-20-10-11-22(25-18-20)27-13-5-14-28(16-15-27)24(30)21-8-4-17-31-21/h1-4,6-12,17-18H,5,13-16H2,(H,26,29). The van der Waals surface area contributed by atoms with Crippen LogP contribution in [0.3, 0.4) is 0 Å². The van der Waals surface area contributed by atoms with Crippen LogP contribution in [-0.2, 0) is 4.79 Å². The Hall–Kier alpha value is -3.45. The van der Waals surface area contributed by atoms with Crippen LogP contribution in [0.4, 0.5) is 11.5 Å². The Labute approximate surface area is 185 Å². The maximum Gasteiger partial charge on any atom is 0.263 e. The van der Waals surface area contributed by atoms with E-state index in [1.165, 1.54) is 17.4 Å². The normalized spacial score (nSPS) is 14.5. The van der Waals surface area contributed by atoms with E-state index in [1.54, 1.807) is 12.3 Å². The highest BCUT2D eigenvalue weighted by atomic mass is 32.1. The number of aromatic nitrogens is 1. The van der Waals surface area contributed by atoms with Crippen LogP contribution in [0, 0.1) is 0 Å². The van der Waals surface area contributed by atoms with Crippen molar-refractivity contribution in [2.75, 3.05) is 36.4 Å². The minimum Gasteiger partial charge on any atom is -0.355 e. The zero-order chi connectivity index (χ0) is 21.5. The summed E-state index contributed by atoms with van der Waals surface area (Å²) in [5.74, 6) is 0.755. The molecule has 31 heavy (non-hydrogen) atoms. The molecule has 0 unspecified atom stereocenters. The van der Waals surface area contributed by atoms with Gasteiger partial charge in [0.25, 0.3) is 5.91 Å². The van der Waals surface area contributed by atoms with Gasteiger partial charge in [-0.05, 0) is 41.6 Å². The lowest BCUT2D eigenvalue weighted by Crippen LogP contribution is -2.35. The molecule has 2 aromatic heterocycles. The fraction of sp³-hybridized carbons (Fsp3) is 0.208. The summed E-state index contributed by atoms with van der Waals surface area (Å²) in [5, 5.41) is 4.76. The molecule has 3 heterocycles. The minimum atomic E-state index is -0.198. The number of amides is 2. The van der Waals surface area contributed by atoms with Crippen molar-refractivity contribution in [3.05, 3.63) is 82.7 Å². The Morgan fingerprint density at radius 3 is 2.58 bits per heavy atom. The van der Waals surface area contributed by atoms with Crippen LogP contribution < -0.4 is 10.2 Å². The van der Waals surface area contributed by atoms with Gasteiger partial charge in [-0.15, -0.1) is 11.3 Å². The van der Waals surface area contributed by atoms with E-state index in [0.717, 1.165) is 42.3 Å². The zero-order valence-corrected chi connectivity index (χ0v) is 17.9. The van der Waals surface area contributed by atoms with Crippen molar-refractivity contribution in [3.8, 4) is 0 Å². The highest BCUT2D eigenvalue weighted by Crippen LogP contribution is 2.18. The highest BCUT2D eigenvalue weighted by Gasteiger charge is 2.21. The molecule has 1 aromatic carbocycles. The Bertz CT molecular complexity index is 1030. The summed E-state index contributed by atoms with van der Waals surface area (Å²) >= 11 is 1.48. The van der Waals surface area contributed by atoms with Gasteiger partial charge in [0.1, 0.15) is 5.82 Å². The molecule has 0 radical (unpaired) electrons. The van der Waals surface area contributed by atoms with Gasteiger partial charge >= 0.3 is 0 Å². The molecule has 0 aliphatic carbocycles. The summed E-state index contributed by atoms with van der Waals surface area (Å²) in [7, 11) is 0. The van der Waals surface area contributed by atoms with Crippen molar-refractivity contribution < 1.29 is 9.59 Å². The topological polar surface area (TPSA) is 65.5 Å². The first-order chi connectivity index (χ1) is 15.2. The molecule has 0 bridgehead atoms. The predicted molar refractivity (Wildman–Crippen MR) is 125 cm³/mol. The summed E-state index contributed by atoms with van der Waals surface area (Å²) in [5.41, 5.74) is 1.62. The number of carbonyl (C=O) groups is 2. The van der Waals surface area contributed by atoms with Crippen LogP contribution in [0.25, 0.3) is 6.08 Å². The molecule has 1 N–H and O–H groups in total. The first-order valence-corrected chi connectivity index (χ1v) is 11.1. The third-order valence-electron chi connectivity index (χ3n) is 5.08. The van der Waals surface area contributed by atoms with Crippen LogP contribution in [0.15, 0.2) is 72.3 Å². The molecule has 6 nitrogen and oxygen atoms in total. The summed E-state index contributed by atoms with van der Waals surface area (Å²) in [6, 6.07) is 17.2. The fourth-order valence-corrected chi connectivity index (χ4v) is 4.16. The van der Waals surface area contributed by atoms with E-state index in [1.807, 2.05) is 64.9 Å². The molecule has 1 fully saturated rings. The SMILES string of the molecule is O=C(C=Cc1ccccc1)Nc1ccc(N2CCCN(C(=O)c3cccs3)CC2)nc1. The summed E-state index contributed by atoms with van der Waals surface area (Å²) in [6.45, 7) is 2.98. The van der Waals surface area contributed by atoms with Crippen molar-refractivity contribution in [2.45, 2.75) is 6.42 Å². The maximum atomic E-state index is 12.6. The number of benzene rings is 1. The highest BCUT2D eigenvalue weighted by molar-refractivity contribution is 7.12. The van der Waals surface area contributed by atoms with Gasteiger partial charge in [-0.1, -0.05) is 36.4 Å². The maximum absolute atomic E-state index is 12.6. The second-order valence-corrected chi connectivity index (χ2v) is 8.20. The number of rotatable bonds is 5. The Morgan fingerprint density at radius 1 is 0.968 bits per heavy atom. The second kappa shape index (κ2) is 10.0. The summed E-state index contributed by atoms with van der Waals surface area (Å²) < 4.78 is 0. The van der Waals surface area contributed by atoms with Gasteiger partial charge in [-0.2, -0.15) is 0 Å². The first kappa shape index (κ1) is 20.8. The number of pyridine rings is 1. The number of hydrogen-bond donors (Lipinski definition) is 1. The molecule has 1 aliphatic rings. The monoisotopic (exact) mass is 432 g/mol. The molecule has 3 aromatic rings. The number of nitrogens with zero attached hydrogens (tertiary/aromatic N) is 3. The van der Waals surface area contributed by atoms with E-state index < -0.39 is 0 Å². The molecule has 0 atom stereocenters. The van der Waals surface area contributed by atoms with Gasteiger partial charge in [0.05, 0.1) is 16.8 Å². The third kappa shape index (κ3) is 5.58. The van der Waals surface area contributed by atoms with Gasteiger partial charge < -0.3 is 15.1 Å². The van der Waals surface area contributed by atoms with Crippen LogP contribution in [-0.4, -0.2) is 47.9 Å². The molecule has 0 spiro atoms. The van der Waals surface area contributed by atoms with Crippen molar-refractivity contribution in [2.24, 2.45) is 0 Å². The first-order valence-electron chi connectivity index (χ1n) is 10.3. The van der Waals surface area contributed by atoms with E-state index in [2.05, 4.69) is 15.2 Å². The largest absolute Gasteiger partial charge is 0.355 e. The van der Waals surface area contributed by atoms with Gasteiger partial charge in [-0.25, -0.2) is 4.98 Å². The van der Waals surface area contributed by atoms with Crippen molar-refractivity contribution in [1.29, 1.82) is 0 Å². The number of anilines is 2. The second-order valence-electron chi connectivity index (χ2n) is 7.25. The number of thiophene rings is 1. The Balaban J connectivity index is 1.32. The fourth-order valence-electron chi connectivity index (χ4n) is 3.47. The van der Waals surface area contributed by atoms with Crippen LogP contribution in [0.2, 0.25) is 0 Å². The van der Waals surface area contributed by atoms with E-state index >= 15 is 0 Å². The average Bonchev–Trinajstić information content (AvgIpc) is 3.23. The predicted octanol–water partition coefficient (Wildman–Crippen LogP) is 4.15. The van der Waals surface area contributed by atoms with Crippen molar-refractivity contribution >= 4 is 40.7 Å². The van der Waals surface area contributed by atoms with Gasteiger partial charge in [0.2, 0.25) is 5.91 Å². The number of carbonyl (C=O) groups excluding carboxylic acids is 2. The smallest absolute Gasteiger partial charge is 0.263 e. The van der Waals surface area contributed by atoms with E-state index in [4.69, 9.17) is 0 Å². The Morgan fingerprint density at radius 2 is 1.84 bits per heavy atom. The molecular weight excluding hydrogens is 408 g/mol. The van der Waals surface area contributed by atoms with Crippen LogP contribution in [0.5, 0.6) is 0 Å². The molecule has 0 saturated carbocycles. The molecular formula is C24H24N4O2S. The van der Waals surface area contributed by atoms with Gasteiger partial charge in [0, 0.05) is 32.3 Å². The lowest BCUT2D eigenvalue weighted by Gasteiger charge is -2.22. The summed E-state index contributed by atoms with van der Waals surface area (Å²) in [6.07, 6.45) is 5.85. The third-order valence-corrected chi connectivity index (χ3v) is 5.94.